The summed E-state index contributed by atoms with van der Waals surface area (Å²) < 4.78 is 0. The van der Waals surface area contributed by atoms with Crippen LogP contribution in [-0.4, -0.2) is 6.04 Å². The van der Waals surface area contributed by atoms with E-state index in [0.29, 0.717) is 35.3 Å². The number of hydrogen-bond acceptors (Lipinski definition) is 2. The molecule has 0 heterocycles. The minimum absolute atomic E-state index is 0.123. The molecule has 2 nitrogen and oxygen atoms in total. The van der Waals surface area contributed by atoms with Crippen molar-refractivity contribution in [2.75, 3.05) is 0 Å². The van der Waals surface area contributed by atoms with Crippen LogP contribution in [0.3, 0.4) is 0 Å². The van der Waals surface area contributed by atoms with Crippen LogP contribution in [0.5, 0.6) is 0 Å². The Bertz CT molecular complexity index is 644. The molecule has 0 aromatic carbocycles. The summed E-state index contributed by atoms with van der Waals surface area (Å²) in [7, 11) is 0. The van der Waals surface area contributed by atoms with Crippen LogP contribution in [0.1, 0.15) is 87.5 Å². The fraction of sp³-hybridized carbons (Fsp3) is 0.724. The number of allylic oxidation sites excluding steroid dienone is 2. The molecule has 0 radical (unpaired) electrons. The molecule has 0 aromatic rings. The summed E-state index contributed by atoms with van der Waals surface area (Å²) in [6.07, 6.45) is 5.82. The molecule has 3 N–H and O–H groups in total. The van der Waals surface area contributed by atoms with E-state index in [2.05, 4.69) is 87.0 Å². The van der Waals surface area contributed by atoms with Gasteiger partial charge in [0.1, 0.15) is 0 Å². The second-order valence-electron chi connectivity index (χ2n) is 11.7. The highest BCUT2D eigenvalue weighted by atomic mass is 14.9. The van der Waals surface area contributed by atoms with E-state index in [1.54, 1.807) is 0 Å². The van der Waals surface area contributed by atoms with E-state index in [9.17, 15) is 0 Å². The van der Waals surface area contributed by atoms with Gasteiger partial charge in [0.15, 0.2) is 0 Å². The summed E-state index contributed by atoms with van der Waals surface area (Å²) in [6, 6.07) is 0.123. The van der Waals surface area contributed by atoms with E-state index >= 15 is 0 Å². The van der Waals surface area contributed by atoms with E-state index in [-0.39, 0.29) is 11.5 Å². The van der Waals surface area contributed by atoms with Gasteiger partial charge in [0.25, 0.3) is 0 Å². The molecule has 31 heavy (non-hydrogen) atoms. The molecule has 0 saturated heterocycles. The zero-order valence-electron chi connectivity index (χ0n) is 22.0. The zero-order valence-corrected chi connectivity index (χ0v) is 22.0. The number of hydrogen-bond donors (Lipinski definition) is 2. The van der Waals surface area contributed by atoms with Gasteiger partial charge in [0.05, 0.1) is 6.04 Å². The zero-order chi connectivity index (χ0) is 24.1. The number of nitrogens with one attached hydrogen (secondary N) is 1. The molecule has 0 spiro atoms. The average molecular weight is 429 g/mol. The minimum Gasteiger partial charge on any atom is -0.399 e. The first-order chi connectivity index (χ1) is 14.2. The van der Waals surface area contributed by atoms with E-state index in [4.69, 9.17) is 5.73 Å². The van der Waals surface area contributed by atoms with Crippen LogP contribution in [0.2, 0.25) is 0 Å². The topological polar surface area (TPSA) is 38.0 Å². The molecule has 1 fully saturated rings. The van der Waals surface area contributed by atoms with Crippen molar-refractivity contribution >= 4 is 0 Å². The van der Waals surface area contributed by atoms with Crippen molar-refractivity contribution in [2.24, 2.45) is 46.7 Å². The molecule has 0 bridgehead atoms. The van der Waals surface area contributed by atoms with Crippen molar-refractivity contribution in [1.29, 1.82) is 0 Å². The van der Waals surface area contributed by atoms with Gasteiger partial charge in [0, 0.05) is 17.3 Å². The monoisotopic (exact) mass is 428 g/mol. The first kappa shape index (κ1) is 27.6. The molecular weight excluding hydrogens is 376 g/mol. The third-order valence-corrected chi connectivity index (χ3v) is 7.84. The van der Waals surface area contributed by atoms with Crippen molar-refractivity contribution in [1.82, 2.24) is 5.32 Å². The van der Waals surface area contributed by atoms with Crippen molar-refractivity contribution in [3.63, 3.8) is 0 Å². The average Bonchev–Trinajstić information content (AvgIpc) is 3.48. The molecule has 0 amide bonds. The Labute approximate surface area is 194 Å². The third-order valence-electron chi connectivity index (χ3n) is 7.84. The summed E-state index contributed by atoms with van der Waals surface area (Å²) in [5.41, 5.74) is 10.2. The van der Waals surface area contributed by atoms with Gasteiger partial charge in [-0.05, 0) is 53.4 Å². The Morgan fingerprint density at radius 3 is 1.97 bits per heavy atom. The van der Waals surface area contributed by atoms with Gasteiger partial charge in [0.2, 0.25) is 0 Å². The Morgan fingerprint density at radius 2 is 1.58 bits per heavy atom. The van der Waals surface area contributed by atoms with Gasteiger partial charge in [-0.25, -0.2) is 0 Å². The first-order valence-corrected chi connectivity index (χ1v) is 12.5. The van der Waals surface area contributed by atoms with Crippen molar-refractivity contribution in [3.05, 3.63) is 48.9 Å². The van der Waals surface area contributed by atoms with Gasteiger partial charge in [-0.3, -0.25) is 0 Å². The highest BCUT2D eigenvalue weighted by Crippen LogP contribution is 2.42. The summed E-state index contributed by atoms with van der Waals surface area (Å²) in [5, 5.41) is 3.79. The smallest absolute Gasteiger partial charge is 0.0527 e. The van der Waals surface area contributed by atoms with Gasteiger partial charge in [-0.15, -0.1) is 0 Å². The second-order valence-corrected chi connectivity index (χ2v) is 11.7. The van der Waals surface area contributed by atoms with Crippen LogP contribution in [0, 0.1) is 40.9 Å². The molecule has 1 saturated carbocycles. The Morgan fingerprint density at radius 1 is 1.03 bits per heavy atom. The molecule has 5 unspecified atom stereocenters. The van der Waals surface area contributed by atoms with Crippen LogP contribution in [0.25, 0.3) is 0 Å². The van der Waals surface area contributed by atoms with Crippen molar-refractivity contribution < 1.29 is 0 Å². The van der Waals surface area contributed by atoms with E-state index in [1.165, 1.54) is 24.8 Å². The molecule has 1 aliphatic carbocycles. The van der Waals surface area contributed by atoms with Gasteiger partial charge in [-0.1, -0.05) is 107 Å². The highest BCUT2D eigenvalue weighted by Gasteiger charge is 2.35. The minimum atomic E-state index is 0.123. The van der Waals surface area contributed by atoms with Crippen LogP contribution >= 0.6 is 0 Å². The molecule has 178 valence electrons. The molecule has 0 aromatic heterocycles. The fourth-order valence-corrected chi connectivity index (χ4v) is 4.88. The molecule has 0 aliphatic heterocycles. The molecule has 1 aliphatic rings. The number of rotatable bonds is 14. The maximum Gasteiger partial charge on any atom is 0.0527 e. The van der Waals surface area contributed by atoms with Gasteiger partial charge < -0.3 is 11.1 Å². The largest absolute Gasteiger partial charge is 0.399 e. The molecule has 5 atom stereocenters. The highest BCUT2D eigenvalue weighted by molar-refractivity contribution is 5.29. The SMILES string of the molecule is C=C(N)C(=C)C(CC1CC1)NC(=C)C(CC(=C)C(C)C(C)(C)C)C(C(C)C)C(C)CC. The van der Waals surface area contributed by atoms with E-state index < -0.39 is 0 Å². The summed E-state index contributed by atoms with van der Waals surface area (Å²) in [5.74, 6) is 3.30. The van der Waals surface area contributed by atoms with E-state index in [0.717, 1.165) is 30.0 Å². The third kappa shape index (κ3) is 8.20. The van der Waals surface area contributed by atoms with Crippen molar-refractivity contribution in [3.8, 4) is 0 Å². The quantitative estimate of drug-likeness (QED) is 0.218. The Balaban J connectivity index is 3.19. The number of nitrogens with two attached hydrogens (primary N) is 1. The Hall–Kier alpha value is -1.44. The Kier molecular flexibility index (Phi) is 10.2. The fourth-order valence-electron chi connectivity index (χ4n) is 4.88. The second kappa shape index (κ2) is 11.4. The van der Waals surface area contributed by atoms with Crippen LogP contribution in [-0.2, 0) is 0 Å². The lowest BCUT2D eigenvalue weighted by Crippen LogP contribution is -2.39. The van der Waals surface area contributed by atoms with Crippen LogP contribution in [0.4, 0.5) is 0 Å². The maximum atomic E-state index is 6.05. The first-order valence-electron chi connectivity index (χ1n) is 12.5. The van der Waals surface area contributed by atoms with Crippen LogP contribution in [0.15, 0.2) is 48.9 Å². The van der Waals surface area contributed by atoms with Crippen LogP contribution < -0.4 is 11.1 Å². The normalized spacial score (nSPS) is 19.3. The standard InChI is InChI=1S/C29H52N2/c1-13-19(4)28(18(2)3)26(16-20(5)22(7)29(10,11)12)24(9)31-27(17-25-14-15-25)21(6)23(8)30/h18-19,22,25-28,31H,5-6,8-9,13-17,30H2,1-4,7,10-12H3. The summed E-state index contributed by atoms with van der Waals surface area (Å²) in [4.78, 5) is 0. The molecule has 1 rings (SSSR count). The molecule has 2 heteroatoms. The summed E-state index contributed by atoms with van der Waals surface area (Å²) >= 11 is 0. The lowest BCUT2D eigenvalue weighted by molar-refractivity contribution is 0.178. The lowest BCUT2D eigenvalue weighted by atomic mass is 9.68. The molecular formula is C29H52N2. The predicted octanol–water partition coefficient (Wildman–Crippen LogP) is 7.85. The van der Waals surface area contributed by atoms with Gasteiger partial charge >= 0.3 is 0 Å². The maximum absolute atomic E-state index is 6.05. The summed E-state index contributed by atoms with van der Waals surface area (Å²) in [6.45, 7) is 36.0. The van der Waals surface area contributed by atoms with Crippen molar-refractivity contribution in [2.45, 2.75) is 93.5 Å². The lowest BCUT2D eigenvalue weighted by Gasteiger charge is -2.40. The predicted molar refractivity (Wildman–Crippen MR) is 140 cm³/mol. The van der Waals surface area contributed by atoms with E-state index in [1.807, 2.05) is 0 Å². The van der Waals surface area contributed by atoms with Gasteiger partial charge in [-0.2, -0.15) is 0 Å².